The van der Waals surface area contributed by atoms with Gasteiger partial charge in [0.2, 0.25) is 0 Å². The van der Waals surface area contributed by atoms with Gasteiger partial charge in [0.25, 0.3) is 0 Å². The molecule has 2 aromatic heterocycles. The molecule has 0 N–H and O–H groups in total. The van der Waals surface area contributed by atoms with Gasteiger partial charge in [-0.2, -0.15) is 0 Å². The first kappa shape index (κ1) is 21.9. The second kappa shape index (κ2) is 8.82. The van der Waals surface area contributed by atoms with Gasteiger partial charge in [0.15, 0.2) is 0 Å². The van der Waals surface area contributed by atoms with Crippen molar-refractivity contribution in [3.63, 3.8) is 0 Å². The Morgan fingerprint density at radius 1 is 1.06 bits per heavy atom. The molecule has 7 heteroatoms. The van der Waals surface area contributed by atoms with Gasteiger partial charge in [0, 0.05) is 44.4 Å². The monoisotopic (exact) mass is 455 g/mol. The zero-order valence-electron chi connectivity index (χ0n) is 20.1. The molecule has 34 heavy (non-hydrogen) atoms. The number of hydrogen-bond donors (Lipinski definition) is 0. The Labute approximate surface area is 199 Å². The van der Waals surface area contributed by atoms with E-state index in [1.54, 1.807) is 4.90 Å². The van der Waals surface area contributed by atoms with Crippen molar-refractivity contribution in [3.8, 4) is 11.1 Å². The lowest BCUT2D eigenvalue weighted by molar-refractivity contribution is 0.197. The molecule has 0 radical (unpaired) electrons. The fraction of sp³-hybridized carbons (Fsp3) is 0.296. The van der Waals surface area contributed by atoms with E-state index in [4.69, 9.17) is 9.51 Å². The van der Waals surface area contributed by atoms with Crippen LogP contribution in [0.4, 0.5) is 4.79 Å². The largest absolute Gasteiger partial charge is 0.361 e. The van der Waals surface area contributed by atoms with E-state index in [-0.39, 0.29) is 6.03 Å². The van der Waals surface area contributed by atoms with E-state index in [1.165, 1.54) is 0 Å². The molecule has 0 bridgehead atoms. The Hall–Kier alpha value is -3.87. The molecule has 1 aliphatic heterocycles. The SMILES string of the molecule is CCn1c(/C=C/c2ccc(CN3CCN(C)C3=O)cc2)nc2c(-c3c(C)noc3C)cccc21. The Morgan fingerprint density at radius 2 is 1.85 bits per heavy atom. The van der Waals surface area contributed by atoms with Crippen molar-refractivity contribution in [2.75, 3.05) is 20.1 Å². The number of likely N-dealkylation sites (N-methyl/N-ethyl adjacent to an activating group) is 1. The summed E-state index contributed by atoms with van der Waals surface area (Å²) in [6.07, 6.45) is 4.15. The van der Waals surface area contributed by atoms with Crippen molar-refractivity contribution >= 4 is 29.2 Å². The highest BCUT2D eigenvalue weighted by Gasteiger charge is 2.25. The van der Waals surface area contributed by atoms with Crippen molar-refractivity contribution in [2.45, 2.75) is 33.9 Å². The number of hydrogen-bond acceptors (Lipinski definition) is 4. The third-order valence-electron chi connectivity index (χ3n) is 6.51. The fourth-order valence-electron chi connectivity index (χ4n) is 4.67. The minimum atomic E-state index is 0.0957. The Bertz CT molecular complexity index is 1360. The topological polar surface area (TPSA) is 67.4 Å². The molecule has 0 atom stereocenters. The second-order valence-electron chi connectivity index (χ2n) is 8.79. The van der Waals surface area contributed by atoms with E-state index < -0.39 is 0 Å². The first-order valence-corrected chi connectivity index (χ1v) is 11.7. The van der Waals surface area contributed by atoms with Gasteiger partial charge < -0.3 is 18.9 Å². The van der Waals surface area contributed by atoms with Crippen molar-refractivity contribution in [2.24, 2.45) is 0 Å². The van der Waals surface area contributed by atoms with Gasteiger partial charge in [-0.1, -0.05) is 47.6 Å². The number of benzene rings is 2. The molecule has 7 nitrogen and oxygen atoms in total. The molecule has 1 fully saturated rings. The van der Waals surface area contributed by atoms with Crippen LogP contribution in [0.1, 0.15) is 35.3 Å². The van der Waals surface area contributed by atoms with Gasteiger partial charge >= 0.3 is 6.03 Å². The number of para-hydroxylation sites is 1. The third-order valence-corrected chi connectivity index (χ3v) is 6.51. The van der Waals surface area contributed by atoms with Crippen LogP contribution >= 0.6 is 0 Å². The summed E-state index contributed by atoms with van der Waals surface area (Å²) in [5.41, 5.74) is 7.20. The molecule has 5 rings (SSSR count). The molecule has 1 saturated heterocycles. The second-order valence-corrected chi connectivity index (χ2v) is 8.79. The fourth-order valence-corrected chi connectivity index (χ4v) is 4.67. The molecule has 174 valence electrons. The quantitative estimate of drug-likeness (QED) is 0.392. The lowest BCUT2D eigenvalue weighted by Gasteiger charge is -2.15. The number of nitrogens with zero attached hydrogens (tertiary/aromatic N) is 5. The van der Waals surface area contributed by atoms with Crippen LogP contribution in [0.2, 0.25) is 0 Å². The summed E-state index contributed by atoms with van der Waals surface area (Å²) >= 11 is 0. The molecular formula is C27H29N5O2. The van der Waals surface area contributed by atoms with E-state index in [9.17, 15) is 4.79 Å². The number of amides is 2. The summed E-state index contributed by atoms with van der Waals surface area (Å²) in [5, 5.41) is 4.12. The van der Waals surface area contributed by atoms with Crippen LogP contribution in [-0.4, -0.2) is 50.7 Å². The summed E-state index contributed by atoms with van der Waals surface area (Å²) in [4.78, 5) is 20.8. The number of rotatable bonds is 6. The van der Waals surface area contributed by atoms with Crippen molar-refractivity contribution in [1.82, 2.24) is 24.5 Å². The molecular weight excluding hydrogens is 426 g/mol. The lowest BCUT2D eigenvalue weighted by atomic mass is 10.0. The third kappa shape index (κ3) is 3.87. The molecule has 3 heterocycles. The van der Waals surface area contributed by atoms with Crippen LogP contribution in [0.3, 0.4) is 0 Å². The van der Waals surface area contributed by atoms with Crippen LogP contribution in [0.5, 0.6) is 0 Å². The maximum absolute atomic E-state index is 12.1. The molecule has 4 aromatic rings. The van der Waals surface area contributed by atoms with E-state index >= 15 is 0 Å². The average Bonchev–Trinajstić information content (AvgIpc) is 3.48. The Kier molecular flexibility index (Phi) is 5.69. The summed E-state index contributed by atoms with van der Waals surface area (Å²) in [5.74, 6) is 1.71. The van der Waals surface area contributed by atoms with Crippen LogP contribution in [0.25, 0.3) is 34.3 Å². The number of aryl methyl sites for hydroxylation is 3. The zero-order valence-corrected chi connectivity index (χ0v) is 20.1. The molecule has 2 amide bonds. The Balaban J connectivity index is 1.42. The highest BCUT2D eigenvalue weighted by Crippen LogP contribution is 2.33. The number of urea groups is 1. The van der Waals surface area contributed by atoms with E-state index in [0.717, 1.165) is 70.2 Å². The number of carbonyl (C=O) groups excluding carboxylic acids is 1. The maximum Gasteiger partial charge on any atom is 0.320 e. The molecule has 1 aliphatic rings. The summed E-state index contributed by atoms with van der Waals surface area (Å²) in [6.45, 7) is 9.06. The van der Waals surface area contributed by atoms with Crippen molar-refractivity contribution in [3.05, 3.63) is 70.9 Å². The van der Waals surface area contributed by atoms with Crippen LogP contribution in [0, 0.1) is 13.8 Å². The van der Waals surface area contributed by atoms with Gasteiger partial charge in [0.1, 0.15) is 11.6 Å². The van der Waals surface area contributed by atoms with Gasteiger partial charge in [0.05, 0.1) is 16.7 Å². The number of imidazole rings is 1. The average molecular weight is 456 g/mol. The number of fused-ring (bicyclic) bond motifs is 1. The number of carbonyl (C=O) groups is 1. The lowest BCUT2D eigenvalue weighted by Crippen LogP contribution is -2.28. The van der Waals surface area contributed by atoms with Gasteiger partial charge in [-0.3, -0.25) is 0 Å². The van der Waals surface area contributed by atoms with E-state index in [0.29, 0.717) is 6.54 Å². The summed E-state index contributed by atoms with van der Waals surface area (Å²) in [6, 6.07) is 14.7. The predicted molar refractivity (Wildman–Crippen MR) is 134 cm³/mol. The van der Waals surface area contributed by atoms with Gasteiger partial charge in [-0.25, -0.2) is 9.78 Å². The van der Waals surface area contributed by atoms with E-state index in [1.807, 2.05) is 25.8 Å². The molecule has 0 spiro atoms. The molecule has 2 aromatic carbocycles. The first-order chi connectivity index (χ1) is 16.5. The van der Waals surface area contributed by atoms with Crippen LogP contribution in [-0.2, 0) is 13.1 Å². The molecule has 0 unspecified atom stereocenters. The smallest absolute Gasteiger partial charge is 0.320 e. The van der Waals surface area contributed by atoms with Crippen molar-refractivity contribution in [1.29, 1.82) is 0 Å². The van der Waals surface area contributed by atoms with Crippen LogP contribution in [0.15, 0.2) is 47.0 Å². The predicted octanol–water partition coefficient (Wildman–Crippen LogP) is 5.37. The molecule has 0 saturated carbocycles. The summed E-state index contributed by atoms with van der Waals surface area (Å²) < 4.78 is 7.63. The van der Waals surface area contributed by atoms with E-state index in [2.05, 4.69) is 71.3 Å². The minimum absolute atomic E-state index is 0.0957. The van der Waals surface area contributed by atoms with Gasteiger partial charge in [-0.05, 0) is 44.0 Å². The first-order valence-electron chi connectivity index (χ1n) is 11.7. The highest BCUT2D eigenvalue weighted by molar-refractivity contribution is 5.94. The normalized spacial score (nSPS) is 14.3. The minimum Gasteiger partial charge on any atom is -0.361 e. The highest BCUT2D eigenvalue weighted by atomic mass is 16.5. The summed E-state index contributed by atoms with van der Waals surface area (Å²) in [7, 11) is 1.84. The Morgan fingerprint density at radius 3 is 2.50 bits per heavy atom. The number of aromatic nitrogens is 3. The van der Waals surface area contributed by atoms with Crippen molar-refractivity contribution < 1.29 is 9.32 Å². The maximum atomic E-state index is 12.1. The zero-order chi connectivity index (χ0) is 23.8. The van der Waals surface area contributed by atoms with Crippen LogP contribution < -0.4 is 0 Å². The standard InChI is InChI=1S/C27H29N5O2/c1-5-32-23-8-6-7-22(25-18(2)29-34-19(25)3)26(23)28-24(32)14-13-20-9-11-21(12-10-20)17-31-16-15-30(4)27(31)33/h6-14H,5,15-17H2,1-4H3/b14-13+. The molecule has 0 aliphatic carbocycles. The van der Waals surface area contributed by atoms with Gasteiger partial charge in [-0.15, -0.1) is 0 Å².